The number of nitrogens with one attached hydrogen (secondary N) is 1. The fraction of sp³-hybridized carbons (Fsp3) is 0.710. The Morgan fingerprint density at radius 2 is 1.74 bits per heavy atom. The lowest BCUT2D eigenvalue weighted by Gasteiger charge is -2.41. The lowest BCUT2D eigenvalue weighted by Crippen LogP contribution is -2.54. The number of piperidine rings is 1. The largest absolute Gasteiger partial charge is 0.464 e. The monoisotopic (exact) mass is 559 g/mol. The van der Waals surface area contributed by atoms with Gasteiger partial charge >= 0.3 is 12.1 Å². The van der Waals surface area contributed by atoms with Gasteiger partial charge in [0, 0.05) is 32.6 Å². The molecule has 1 heterocycles. The number of esters is 1. The first-order chi connectivity index (χ1) is 18.6. The Balaban J connectivity index is 1.69. The van der Waals surface area contributed by atoms with Crippen molar-refractivity contribution in [1.82, 2.24) is 15.1 Å². The smallest absolute Gasteiger partial charge is 0.408 e. The van der Waals surface area contributed by atoms with Gasteiger partial charge in [0.05, 0.1) is 12.6 Å². The molecule has 7 nitrogen and oxygen atoms in total. The minimum Gasteiger partial charge on any atom is -0.464 e. The molecular weight excluding hydrogens is 510 g/mol. The molecule has 0 spiro atoms. The Bertz CT molecular complexity index is 906. The lowest BCUT2D eigenvalue weighted by molar-refractivity contribution is -0.141. The third-order valence-corrected chi connectivity index (χ3v) is 8.26. The van der Waals surface area contributed by atoms with Crippen molar-refractivity contribution < 1.29 is 19.1 Å². The van der Waals surface area contributed by atoms with E-state index in [2.05, 4.69) is 39.4 Å². The van der Waals surface area contributed by atoms with Crippen LogP contribution < -0.4 is 5.32 Å². The Hall–Kier alpha value is -2.19. The number of carbonyl (C=O) groups excluding carboxylic acids is 2. The molecular formula is C31H49N3O4S. The molecule has 1 aromatic rings. The van der Waals surface area contributed by atoms with E-state index in [-0.39, 0.29) is 24.7 Å². The van der Waals surface area contributed by atoms with Crippen LogP contribution in [0.1, 0.15) is 91.0 Å². The minimum absolute atomic E-state index is 0.234. The van der Waals surface area contributed by atoms with Gasteiger partial charge in [-0.05, 0) is 57.9 Å². The van der Waals surface area contributed by atoms with Gasteiger partial charge in [-0.3, -0.25) is 9.69 Å². The molecule has 2 fully saturated rings. The molecule has 0 unspecified atom stereocenters. The SMILES string of the molecule is CC(=O)OCCN(C(=S)[C@@H](CCC1CCCCC1)NC(=O)OC(C)(C)C)C1CCN(Cc2ccccc2)CC1. The number of thiocarbonyl (C=S) groups is 1. The predicted molar refractivity (Wildman–Crippen MR) is 160 cm³/mol. The number of likely N-dealkylation sites (tertiary alicyclic amines) is 1. The van der Waals surface area contributed by atoms with Gasteiger partial charge in [-0.15, -0.1) is 0 Å². The molecule has 1 aromatic carbocycles. The van der Waals surface area contributed by atoms with Gasteiger partial charge < -0.3 is 19.7 Å². The molecule has 1 atom stereocenters. The molecule has 218 valence electrons. The highest BCUT2D eigenvalue weighted by Gasteiger charge is 2.32. The third kappa shape index (κ3) is 11.4. The number of nitrogens with zero attached hydrogens (tertiary/aromatic N) is 2. The summed E-state index contributed by atoms with van der Waals surface area (Å²) in [6, 6.07) is 10.5. The number of ether oxygens (including phenoxy) is 2. The van der Waals surface area contributed by atoms with Gasteiger partial charge in [0.15, 0.2) is 0 Å². The van der Waals surface area contributed by atoms with E-state index in [1.54, 1.807) is 0 Å². The second-order valence-electron chi connectivity index (χ2n) is 12.1. The first kappa shape index (κ1) is 31.3. The molecule has 0 aromatic heterocycles. The summed E-state index contributed by atoms with van der Waals surface area (Å²) in [7, 11) is 0. The van der Waals surface area contributed by atoms with Crippen LogP contribution >= 0.6 is 12.2 Å². The molecule has 0 bridgehead atoms. The van der Waals surface area contributed by atoms with Crippen molar-refractivity contribution in [2.75, 3.05) is 26.2 Å². The summed E-state index contributed by atoms with van der Waals surface area (Å²) < 4.78 is 10.9. The quantitative estimate of drug-likeness (QED) is 0.260. The van der Waals surface area contributed by atoms with Gasteiger partial charge in [-0.1, -0.05) is 74.7 Å². The summed E-state index contributed by atoms with van der Waals surface area (Å²) in [6.45, 7) is 10.7. The van der Waals surface area contributed by atoms with Crippen molar-refractivity contribution in [1.29, 1.82) is 0 Å². The van der Waals surface area contributed by atoms with Crippen LogP contribution in [0.5, 0.6) is 0 Å². The molecule has 39 heavy (non-hydrogen) atoms. The topological polar surface area (TPSA) is 71.1 Å². The number of carbonyl (C=O) groups is 2. The summed E-state index contributed by atoms with van der Waals surface area (Å²) in [5.41, 5.74) is 0.739. The van der Waals surface area contributed by atoms with E-state index in [1.807, 2.05) is 26.8 Å². The first-order valence-corrected chi connectivity index (χ1v) is 15.2. The van der Waals surface area contributed by atoms with Gasteiger partial charge in [0.1, 0.15) is 17.2 Å². The van der Waals surface area contributed by atoms with Crippen LogP contribution in [0.4, 0.5) is 4.79 Å². The second kappa shape index (κ2) is 15.6. The fourth-order valence-corrected chi connectivity index (χ4v) is 6.19. The normalized spacial score (nSPS) is 18.3. The maximum absolute atomic E-state index is 12.9. The highest BCUT2D eigenvalue weighted by atomic mass is 32.1. The Labute approximate surface area is 241 Å². The summed E-state index contributed by atoms with van der Waals surface area (Å²) in [5, 5.41) is 3.11. The predicted octanol–water partition coefficient (Wildman–Crippen LogP) is 6.10. The maximum Gasteiger partial charge on any atom is 0.408 e. The highest BCUT2D eigenvalue weighted by Crippen LogP contribution is 2.29. The second-order valence-corrected chi connectivity index (χ2v) is 12.6. The van der Waals surface area contributed by atoms with E-state index in [0.29, 0.717) is 12.5 Å². The Morgan fingerprint density at radius 3 is 2.36 bits per heavy atom. The number of hydrogen-bond acceptors (Lipinski definition) is 6. The highest BCUT2D eigenvalue weighted by molar-refractivity contribution is 7.80. The van der Waals surface area contributed by atoms with E-state index in [9.17, 15) is 9.59 Å². The van der Waals surface area contributed by atoms with Crippen molar-refractivity contribution in [2.24, 2.45) is 5.92 Å². The number of amides is 1. The number of alkyl carbamates (subject to hydrolysis) is 1. The average molecular weight is 560 g/mol. The van der Waals surface area contributed by atoms with Crippen molar-refractivity contribution in [3.8, 4) is 0 Å². The third-order valence-electron chi connectivity index (χ3n) is 7.74. The van der Waals surface area contributed by atoms with Crippen molar-refractivity contribution in [3.63, 3.8) is 0 Å². The van der Waals surface area contributed by atoms with Crippen LogP contribution in [0.2, 0.25) is 0 Å². The summed E-state index contributed by atoms with van der Waals surface area (Å²) >= 11 is 6.12. The number of rotatable bonds is 11. The molecule has 2 aliphatic rings. The van der Waals surface area contributed by atoms with Crippen LogP contribution in [-0.4, -0.2) is 70.8 Å². The van der Waals surface area contributed by atoms with Crippen LogP contribution in [0, 0.1) is 5.92 Å². The number of benzene rings is 1. The molecule has 3 rings (SSSR count). The van der Waals surface area contributed by atoms with Gasteiger partial charge in [-0.2, -0.15) is 0 Å². The molecule has 1 saturated carbocycles. The minimum atomic E-state index is -0.583. The molecule has 1 aliphatic heterocycles. The average Bonchev–Trinajstić information content (AvgIpc) is 2.89. The molecule has 0 radical (unpaired) electrons. The maximum atomic E-state index is 12.9. The molecule has 1 saturated heterocycles. The van der Waals surface area contributed by atoms with E-state index >= 15 is 0 Å². The van der Waals surface area contributed by atoms with Crippen molar-refractivity contribution in [2.45, 2.75) is 110 Å². The lowest BCUT2D eigenvalue weighted by atomic mass is 9.85. The van der Waals surface area contributed by atoms with Crippen LogP contribution in [0.25, 0.3) is 0 Å². The summed E-state index contributed by atoms with van der Waals surface area (Å²) in [5.74, 6) is 0.388. The van der Waals surface area contributed by atoms with Crippen LogP contribution in [0.15, 0.2) is 30.3 Å². The Kier molecular flexibility index (Phi) is 12.5. The van der Waals surface area contributed by atoms with Crippen molar-refractivity contribution >= 4 is 29.3 Å². The van der Waals surface area contributed by atoms with Gasteiger partial charge in [0.2, 0.25) is 0 Å². The van der Waals surface area contributed by atoms with Gasteiger partial charge in [-0.25, -0.2) is 4.79 Å². The Morgan fingerprint density at radius 1 is 1.08 bits per heavy atom. The van der Waals surface area contributed by atoms with E-state index in [0.717, 1.165) is 50.3 Å². The summed E-state index contributed by atoms with van der Waals surface area (Å²) in [4.78, 5) is 29.8. The van der Waals surface area contributed by atoms with E-state index in [4.69, 9.17) is 21.7 Å². The van der Waals surface area contributed by atoms with Crippen LogP contribution in [0.3, 0.4) is 0 Å². The van der Waals surface area contributed by atoms with Crippen molar-refractivity contribution in [3.05, 3.63) is 35.9 Å². The summed E-state index contributed by atoms with van der Waals surface area (Å²) in [6.07, 6.45) is 9.73. The van der Waals surface area contributed by atoms with Crippen LogP contribution in [-0.2, 0) is 20.8 Å². The zero-order valence-corrected chi connectivity index (χ0v) is 25.3. The first-order valence-electron chi connectivity index (χ1n) is 14.8. The van der Waals surface area contributed by atoms with E-state index in [1.165, 1.54) is 44.6 Å². The zero-order valence-electron chi connectivity index (χ0n) is 24.5. The van der Waals surface area contributed by atoms with E-state index < -0.39 is 11.7 Å². The zero-order chi connectivity index (χ0) is 28.3. The van der Waals surface area contributed by atoms with Gasteiger partial charge in [0.25, 0.3) is 0 Å². The molecule has 8 heteroatoms. The molecule has 1 aliphatic carbocycles. The number of hydrogen-bond donors (Lipinski definition) is 1. The molecule has 1 N–H and O–H groups in total. The standard InChI is InChI=1S/C31H49N3O4S/c1-24(35)37-22-21-34(27-17-19-33(20-18-27)23-26-13-9-6-10-14-26)29(39)28(32-30(36)38-31(2,3)4)16-15-25-11-7-5-8-12-25/h6,9-10,13-14,25,27-28H,5,7-8,11-12,15-23H2,1-4H3,(H,32,36)/t28-/m1/s1. The molecule has 1 amide bonds. The fourth-order valence-electron chi connectivity index (χ4n) is 5.78.